The fourth-order valence-electron chi connectivity index (χ4n) is 4.27. The van der Waals surface area contributed by atoms with Gasteiger partial charge in [0, 0.05) is 22.6 Å². The van der Waals surface area contributed by atoms with Gasteiger partial charge in [0.15, 0.2) is 11.5 Å². The molecule has 3 heterocycles. The van der Waals surface area contributed by atoms with E-state index in [0.717, 1.165) is 46.1 Å². The van der Waals surface area contributed by atoms with E-state index in [2.05, 4.69) is 31.2 Å². The molecule has 2 unspecified atom stereocenters. The molecule has 0 bridgehead atoms. The molecule has 150 valence electrons. The molecule has 0 spiro atoms. The second-order valence-corrected chi connectivity index (χ2v) is 8.21. The number of rotatable bonds is 2. The van der Waals surface area contributed by atoms with Crippen molar-refractivity contribution < 1.29 is 14.2 Å². The molecule has 3 aliphatic rings. The number of nitrogens with zero attached hydrogens (tertiary/aromatic N) is 2. The van der Waals surface area contributed by atoms with E-state index < -0.39 is 0 Å². The highest BCUT2D eigenvalue weighted by Crippen LogP contribution is 2.49. The first-order chi connectivity index (χ1) is 14.7. The number of ether oxygens (including phenoxy) is 3. The van der Waals surface area contributed by atoms with Crippen molar-refractivity contribution in [3.63, 3.8) is 0 Å². The summed E-state index contributed by atoms with van der Waals surface area (Å²) >= 11 is 6.31. The van der Waals surface area contributed by atoms with Gasteiger partial charge < -0.3 is 14.2 Å². The molecule has 0 aliphatic carbocycles. The smallest absolute Gasteiger partial charge is 0.231 e. The third-order valence-corrected chi connectivity index (χ3v) is 6.05. The minimum Gasteiger partial charge on any atom is -0.464 e. The normalized spacial score (nSPS) is 21.0. The van der Waals surface area contributed by atoms with Gasteiger partial charge in [0.2, 0.25) is 13.0 Å². The SMILES string of the molecule is Cc1ccc(C2=NN3C(C2)c2cc(Cl)ccc2OC3c2ccc3c(c2)OCO3)cc1. The van der Waals surface area contributed by atoms with E-state index in [0.29, 0.717) is 5.02 Å². The molecule has 0 saturated carbocycles. The lowest BCUT2D eigenvalue weighted by Gasteiger charge is -2.38. The Hall–Kier alpha value is -3.18. The largest absolute Gasteiger partial charge is 0.464 e. The average Bonchev–Trinajstić information content (AvgIpc) is 3.40. The Morgan fingerprint density at radius 1 is 0.933 bits per heavy atom. The van der Waals surface area contributed by atoms with Crippen molar-refractivity contribution >= 4 is 17.3 Å². The van der Waals surface area contributed by atoms with Gasteiger partial charge in [-0.1, -0.05) is 41.4 Å². The van der Waals surface area contributed by atoms with Crippen LogP contribution in [0.5, 0.6) is 17.2 Å². The van der Waals surface area contributed by atoms with E-state index in [-0.39, 0.29) is 19.1 Å². The fourth-order valence-corrected chi connectivity index (χ4v) is 4.45. The lowest BCUT2D eigenvalue weighted by atomic mass is 9.95. The van der Waals surface area contributed by atoms with Crippen LogP contribution in [0.1, 0.15) is 40.9 Å². The summed E-state index contributed by atoms with van der Waals surface area (Å²) in [6.45, 7) is 2.33. The summed E-state index contributed by atoms with van der Waals surface area (Å²) in [7, 11) is 0. The zero-order valence-corrected chi connectivity index (χ0v) is 17.1. The van der Waals surface area contributed by atoms with Crippen LogP contribution in [0.2, 0.25) is 5.02 Å². The zero-order valence-electron chi connectivity index (χ0n) is 16.3. The summed E-state index contributed by atoms with van der Waals surface area (Å²) in [6, 6.07) is 20.2. The van der Waals surface area contributed by atoms with Crippen molar-refractivity contribution in [2.75, 3.05) is 6.79 Å². The Morgan fingerprint density at radius 2 is 1.73 bits per heavy atom. The molecule has 3 aromatic carbocycles. The summed E-state index contributed by atoms with van der Waals surface area (Å²) in [5.74, 6) is 2.32. The maximum atomic E-state index is 6.41. The van der Waals surface area contributed by atoms with Crippen molar-refractivity contribution in [3.05, 3.63) is 87.9 Å². The molecule has 30 heavy (non-hydrogen) atoms. The van der Waals surface area contributed by atoms with Crippen molar-refractivity contribution in [2.24, 2.45) is 5.10 Å². The highest BCUT2D eigenvalue weighted by Gasteiger charge is 2.41. The molecule has 2 atom stereocenters. The van der Waals surface area contributed by atoms with Crippen molar-refractivity contribution in [3.8, 4) is 17.2 Å². The van der Waals surface area contributed by atoms with Crippen molar-refractivity contribution in [2.45, 2.75) is 25.6 Å². The summed E-state index contributed by atoms with van der Waals surface area (Å²) < 4.78 is 17.5. The van der Waals surface area contributed by atoms with Crippen LogP contribution in [-0.2, 0) is 0 Å². The lowest BCUT2D eigenvalue weighted by Crippen LogP contribution is -2.33. The first-order valence-corrected chi connectivity index (χ1v) is 10.3. The van der Waals surface area contributed by atoms with Gasteiger partial charge in [0.05, 0.1) is 11.8 Å². The van der Waals surface area contributed by atoms with Gasteiger partial charge in [-0.15, -0.1) is 0 Å². The van der Waals surface area contributed by atoms with E-state index >= 15 is 0 Å². The third-order valence-electron chi connectivity index (χ3n) is 5.82. The first-order valence-electron chi connectivity index (χ1n) is 9.94. The van der Waals surface area contributed by atoms with Gasteiger partial charge in [-0.25, -0.2) is 5.01 Å². The second-order valence-electron chi connectivity index (χ2n) is 7.78. The lowest BCUT2D eigenvalue weighted by molar-refractivity contribution is -0.0191. The fraction of sp³-hybridized carbons (Fsp3) is 0.208. The van der Waals surface area contributed by atoms with Gasteiger partial charge in [0.1, 0.15) is 5.75 Å². The number of hydrogen-bond acceptors (Lipinski definition) is 5. The van der Waals surface area contributed by atoms with Crippen LogP contribution in [-0.4, -0.2) is 17.5 Å². The summed E-state index contributed by atoms with van der Waals surface area (Å²) in [5, 5.41) is 7.74. The quantitative estimate of drug-likeness (QED) is 0.541. The number of aryl methyl sites for hydroxylation is 1. The van der Waals surface area contributed by atoms with Crippen LogP contribution in [0.15, 0.2) is 65.8 Å². The van der Waals surface area contributed by atoms with Gasteiger partial charge in [0.25, 0.3) is 0 Å². The third kappa shape index (κ3) is 2.81. The van der Waals surface area contributed by atoms with Gasteiger partial charge >= 0.3 is 0 Å². The van der Waals surface area contributed by atoms with Crippen molar-refractivity contribution in [1.82, 2.24) is 5.01 Å². The Balaban J connectivity index is 1.45. The highest BCUT2D eigenvalue weighted by atomic mass is 35.5. The molecule has 3 aromatic rings. The molecule has 0 aromatic heterocycles. The standard InChI is InChI=1S/C24H19ClN2O3/c1-14-2-4-15(5-3-14)19-12-20-18-11-17(25)7-9-21(18)30-24(27(20)26-19)16-6-8-22-23(10-16)29-13-28-22/h2-11,20,24H,12-13H2,1H3. The van der Waals surface area contributed by atoms with E-state index in [9.17, 15) is 0 Å². The zero-order chi connectivity index (χ0) is 20.2. The van der Waals surface area contributed by atoms with E-state index in [1.165, 1.54) is 5.56 Å². The molecule has 5 nitrogen and oxygen atoms in total. The monoisotopic (exact) mass is 418 g/mol. The average molecular weight is 419 g/mol. The highest BCUT2D eigenvalue weighted by molar-refractivity contribution is 6.30. The Bertz CT molecular complexity index is 1180. The van der Waals surface area contributed by atoms with Crippen LogP contribution in [0, 0.1) is 6.92 Å². The Kier molecular flexibility index (Phi) is 3.93. The molecule has 0 amide bonds. The van der Waals surface area contributed by atoms with Gasteiger partial charge in [-0.2, -0.15) is 5.10 Å². The Morgan fingerprint density at radius 3 is 2.60 bits per heavy atom. The minimum absolute atomic E-state index is 0.0548. The van der Waals surface area contributed by atoms with E-state index in [4.69, 9.17) is 30.9 Å². The maximum Gasteiger partial charge on any atom is 0.231 e. The predicted molar refractivity (Wildman–Crippen MR) is 114 cm³/mol. The van der Waals surface area contributed by atoms with Crippen LogP contribution in [0.3, 0.4) is 0 Å². The molecule has 0 N–H and O–H groups in total. The van der Waals surface area contributed by atoms with Crippen molar-refractivity contribution in [1.29, 1.82) is 0 Å². The first kappa shape index (κ1) is 17.7. The minimum atomic E-state index is -0.360. The molecule has 3 aliphatic heterocycles. The van der Waals surface area contributed by atoms with Crippen LogP contribution < -0.4 is 14.2 Å². The molecule has 0 saturated heterocycles. The summed E-state index contributed by atoms with van der Waals surface area (Å²) in [6.07, 6.45) is 0.432. The number of benzene rings is 3. The summed E-state index contributed by atoms with van der Waals surface area (Å²) in [5.41, 5.74) is 5.43. The van der Waals surface area contributed by atoms with Gasteiger partial charge in [-0.3, -0.25) is 0 Å². The van der Waals surface area contributed by atoms with Gasteiger partial charge in [-0.05, 0) is 48.9 Å². The molecule has 0 fully saturated rings. The number of fused-ring (bicyclic) bond motifs is 4. The molecule has 6 rings (SSSR count). The molecular weight excluding hydrogens is 400 g/mol. The number of halogens is 1. The maximum absolute atomic E-state index is 6.41. The topological polar surface area (TPSA) is 43.3 Å². The number of hydrazone groups is 1. The Labute approximate surface area is 179 Å². The molecular formula is C24H19ClN2O3. The van der Waals surface area contributed by atoms with E-state index in [1.807, 2.05) is 41.4 Å². The number of hydrogen-bond donors (Lipinski definition) is 0. The van der Waals surface area contributed by atoms with Crippen LogP contribution in [0.25, 0.3) is 0 Å². The summed E-state index contributed by atoms with van der Waals surface area (Å²) in [4.78, 5) is 0. The second kappa shape index (κ2) is 6.67. The molecule has 0 radical (unpaired) electrons. The van der Waals surface area contributed by atoms with E-state index in [1.54, 1.807) is 0 Å². The predicted octanol–water partition coefficient (Wildman–Crippen LogP) is 5.62. The van der Waals surface area contributed by atoms with Crippen LogP contribution in [0.4, 0.5) is 0 Å². The van der Waals surface area contributed by atoms with Crippen LogP contribution >= 0.6 is 11.6 Å². The molecule has 6 heteroatoms.